The van der Waals surface area contributed by atoms with Crippen molar-refractivity contribution in [1.29, 1.82) is 0 Å². The Hall–Kier alpha value is -3.73. The van der Waals surface area contributed by atoms with Crippen molar-refractivity contribution >= 4 is 11.6 Å². The van der Waals surface area contributed by atoms with Crippen LogP contribution in [0.4, 0.5) is 5.69 Å². The van der Waals surface area contributed by atoms with E-state index in [9.17, 15) is 0 Å². The maximum atomic E-state index is 6.15. The quantitative estimate of drug-likeness (QED) is 0.243. The molecule has 0 heterocycles. The molecule has 0 spiro atoms. The lowest BCUT2D eigenvalue weighted by molar-refractivity contribution is 0.412. The lowest BCUT2D eigenvalue weighted by atomic mass is 10.2. The lowest BCUT2D eigenvalue weighted by Crippen LogP contribution is -2.11. The van der Waals surface area contributed by atoms with Gasteiger partial charge < -0.3 is 18.9 Å². The Morgan fingerprint density at radius 1 is 0.806 bits per heavy atom. The predicted molar refractivity (Wildman–Crippen MR) is 124 cm³/mol. The number of hydrogen-bond acceptors (Lipinski definition) is 5. The van der Waals surface area contributed by atoms with E-state index in [0.29, 0.717) is 11.6 Å². The molecule has 0 aliphatic carbocycles. The van der Waals surface area contributed by atoms with Crippen molar-refractivity contribution in [3.8, 4) is 23.0 Å². The second-order valence-electron chi connectivity index (χ2n) is 6.81. The standard InChI is InChI=1S/C26H27NO4/c1-5-20-7-6-8-25(17-20)31-26(27-21-9-11-22(28-3)12-10-21)19(2)18-30-24-15-13-23(29-4)14-16-24/h6-18H,5H2,1-4H3/b19-18+,27-26+. The van der Waals surface area contributed by atoms with Gasteiger partial charge >= 0.3 is 0 Å². The van der Waals surface area contributed by atoms with Gasteiger partial charge in [-0.25, -0.2) is 4.99 Å². The van der Waals surface area contributed by atoms with E-state index in [1.54, 1.807) is 20.5 Å². The summed E-state index contributed by atoms with van der Waals surface area (Å²) in [6.45, 7) is 4.01. The molecule has 0 aliphatic rings. The summed E-state index contributed by atoms with van der Waals surface area (Å²) in [4.78, 5) is 4.69. The van der Waals surface area contributed by atoms with Crippen molar-refractivity contribution in [1.82, 2.24) is 0 Å². The SMILES string of the molecule is CCc1cccc(OC(=N/c2ccc(OC)cc2)/C(C)=C/Oc2ccc(OC)cc2)c1. The van der Waals surface area contributed by atoms with E-state index >= 15 is 0 Å². The summed E-state index contributed by atoms with van der Waals surface area (Å²) in [7, 11) is 3.27. The summed E-state index contributed by atoms with van der Waals surface area (Å²) >= 11 is 0. The Morgan fingerprint density at radius 2 is 1.42 bits per heavy atom. The van der Waals surface area contributed by atoms with Crippen molar-refractivity contribution in [3.05, 3.63) is 90.2 Å². The predicted octanol–water partition coefficient (Wildman–Crippen LogP) is 6.36. The number of hydrogen-bond donors (Lipinski definition) is 0. The average Bonchev–Trinajstić information content (AvgIpc) is 2.83. The van der Waals surface area contributed by atoms with E-state index < -0.39 is 0 Å². The van der Waals surface area contributed by atoms with Gasteiger partial charge in [-0.1, -0.05) is 19.1 Å². The lowest BCUT2D eigenvalue weighted by Gasteiger charge is -2.11. The van der Waals surface area contributed by atoms with Gasteiger partial charge in [0, 0.05) is 5.57 Å². The highest BCUT2D eigenvalue weighted by Gasteiger charge is 2.09. The summed E-state index contributed by atoms with van der Waals surface area (Å²) in [6.07, 6.45) is 2.56. The Labute approximate surface area is 183 Å². The van der Waals surface area contributed by atoms with Crippen LogP contribution >= 0.6 is 0 Å². The summed E-state index contributed by atoms with van der Waals surface area (Å²) in [5.41, 5.74) is 2.69. The van der Waals surface area contributed by atoms with Crippen LogP contribution in [0.1, 0.15) is 19.4 Å². The first kappa shape index (κ1) is 22.0. The molecule has 0 fully saturated rings. The van der Waals surface area contributed by atoms with Crippen molar-refractivity contribution in [2.45, 2.75) is 20.3 Å². The highest BCUT2D eigenvalue weighted by molar-refractivity contribution is 5.96. The number of rotatable bonds is 8. The molecule has 3 aromatic rings. The van der Waals surface area contributed by atoms with Gasteiger partial charge in [0.25, 0.3) is 0 Å². The molecule has 5 heteroatoms. The molecule has 0 N–H and O–H groups in total. The monoisotopic (exact) mass is 417 g/mol. The highest BCUT2D eigenvalue weighted by Crippen LogP contribution is 2.22. The zero-order chi connectivity index (χ0) is 22.1. The van der Waals surface area contributed by atoms with Crippen LogP contribution in [0.25, 0.3) is 0 Å². The maximum absolute atomic E-state index is 6.15. The molecule has 0 saturated heterocycles. The van der Waals surface area contributed by atoms with E-state index in [1.165, 1.54) is 5.56 Å². The first-order chi connectivity index (χ1) is 15.1. The van der Waals surface area contributed by atoms with Crippen molar-refractivity contribution in [2.24, 2.45) is 4.99 Å². The smallest absolute Gasteiger partial charge is 0.225 e. The largest absolute Gasteiger partial charge is 0.497 e. The minimum absolute atomic E-state index is 0.451. The maximum Gasteiger partial charge on any atom is 0.225 e. The molecule has 0 amide bonds. The number of aryl methyl sites for hydroxylation is 1. The number of ether oxygens (including phenoxy) is 4. The third-order valence-corrected chi connectivity index (χ3v) is 4.59. The molecule has 0 radical (unpaired) electrons. The Bertz CT molecular complexity index is 1040. The van der Waals surface area contributed by atoms with Crippen LogP contribution in [0.2, 0.25) is 0 Å². The zero-order valence-electron chi connectivity index (χ0n) is 18.3. The minimum atomic E-state index is 0.451. The molecule has 0 aromatic heterocycles. The van der Waals surface area contributed by atoms with Crippen LogP contribution in [-0.2, 0) is 6.42 Å². The fraction of sp³-hybridized carbons (Fsp3) is 0.192. The second-order valence-corrected chi connectivity index (χ2v) is 6.81. The van der Waals surface area contributed by atoms with Gasteiger partial charge in [0.15, 0.2) is 0 Å². The van der Waals surface area contributed by atoms with Crippen molar-refractivity contribution in [2.75, 3.05) is 14.2 Å². The molecule has 160 valence electrons. The second kappa shape index (κ2) is 10.9. The molecular weight excluding hydrogens is 390 g/mol. The molecule has 3 aromatic carbocycles. The van der Waals surface area contributed by atoms with Gasteiger partial charge in [-0.3, -0.25) is 0 Å². The van der Waals surface area contributed by atoms with Crippen molar-refractivity contribution in [3.63, 3.8) is 0 Å². The summed E-state index contributed by atoms with van der Waals surface area (Å²) < 4.78 is 22.4. The van der Waals surface area contributed by atoms with Gasteiger partial charge in [0.2, 0.25) is 5.90 Å². The van der Waals surface area contributed by atoms with Crippen LogP contribution < -0.4 is 18.9 Å². The topological polar surface area (TPSA) is 49.3 Å². The molecule has 31 heavy (non-hydrogen) atoms. The van der Waals surface area contributed by atoms with Crippen LogP contribution in [0.3, 0.4) is 0 Å². The van der Waals surface area contributed by atoms with Gasteiger partial charge in [0.1, 0.15) is 23.0 Å². The highest BCUT2D eigenvalue weighted by atomic mass is 16.5. The summed E-state index contributed by atoms with van der Waals surface area (Å²) in [5, 5.41) is 0. The average molecular weight is 418 g/mol. The van der Waals surface area contributed by atoms with Gasteiger partial charge in [0.05, 0.1) is 26.2 Å². The summed E-state index contributed by atoms with van der Waals surface area (Å²) in [6, 6.07) is 22.8. The minimum Gasteiger partial charge on any atom is -0.497 e. The van der Waals surface area contributed by atoms with Crippen LogP contribution in [0.15, 0.2) is 89.6 Å². The van der Waals surface area contributed by atoms with Crippen molar-refractivity contribution < 1.29 is 18.9 Å². The van der Waals surface area contributed by atoms with Gasteiger partial charge in [-0.05, 0) is 79.6 Å². The van der Waals surface area contributed by atoms with Crippen LogP contribution in [-0.4, -0.2) is 20.1 Å². The Kier molecular flexibility index (Phi) is 7.71. The third kappa shape index (κ3) is 6.37. The van der Waals surface area contributed by atoms with Crippen LogP contribution in [0.5, 0.6) is 23.0 Å². The normalized spacial score (nSPS) is 11.7. The molecule has 5 nitrogen and oxygen atoms in total. The first-order valence-electron chi connectivity index (χ1n) is 10.1. The number of aliphatic imine (C=N–C) groups is 1. The van der Waals surface area contributed by atoms with E-state index in [2.05, 4.69) is 13.0 Å². The Morgan fingerprint density at radius 3 is 2.03 bits per heavy atom. The number of nitrogens with zero attached hydrogens (tertiary/aromatic N) is 1. The van der Waals surface area contributed by atoms with E-state index in [-0.39, 0.29) is 0 Å². The third-order valence-electron chi connectivity index (χ3n) is 4.59. The van der Waals surface area contributed by atoms with Gasteiger partial charge in [-0.2, -0.15) is 0 Å². The summed E-state index contributed by atoms with van der Waals surface area (Å²) in [5.74, 6) is 3.41. The van der Waals surface area contributed by atoms with Gasteiger partial charge in [-0.15, -0.1) is 0 Å². The number of methoxy groups -OCH3 is 2. The Balaban J connectivity index is 1.87. The molecule has 0 aliphatic heterocycles. The molecule has 0 atom stereocenters. The molecule has 0 unspecified atom stereocenters. The molecule has 0 saturated carbocycles. The molecule has 3 rings (SSSR count). The fourth-order valence-corrected chi connectivity index (χ4v) is 2.77. The van der Waals surface area contributed by atoms with E-state index in [0.717, 1.165) is 34.9 Å². The number of benzene rings is 3. The zero-order valence-corrected chi connectivity index (χ0v) is 18.3. The van der Waals surface area contributed by atoms with E-state index in [1.807, 2.05) is 73.7 Å². The molecule has 0 bridgehead atoms. The van der Waals surface area contributed by atoms with E-state index in [4.69, 9.17) is 23.9 Å². The molecular formula is C26H27NO4. The fourth-order valence-electron chi connectivity index (χ4n) is 2.77. The van der Waals surface area contributed by atoms with Crippen LogP contribution in [0, 0.1) is 0 Å². The first-order valence-corrected chi connectivity index (χ1v) is 10.1.